The van der Waals surface area contributed by atoms with Crippen LogP contribution in [0.15, 0.2) is 58.8 Å². The van der Waals surface area contributed by atoms with Crippen LogP contribution in [0.5, 0.6) is 0 Å². The van der Waals surface area contributed by atoms with Crippen LogP contribution in [-0.4, -0.2) is 12.2 Å². The van der Waals surface area contributed by atoms with Gasteiger partial charge in [0.1, 0.15) is 13.2 Å². The average Bonchev–Trinajstić information content (AvgIpc) is 2.58. The van der Waals surface area contributed by atoms with Gasteiger partial charge in [0.2, 0.25) is 0 Å². The zero-order chi connectivity index (χ0) is 17.4. The van der Waals surface area contributed by atoms with Crippen molar-refractivity contribution in [1.82, 2.24) is 0 Å². The van der Waals surface area contributed by atoms with E-state index in [2.05, 4.69) is 10.2 Å². The van der Waals surface area contributed by atoms with Crippen molar-refractivity contribution in [3.05, 3.63) is 69.7 Å². The fourth-order valence-electron chi connectivity index (χ4n) is 1.65. The number of ether oxygens (including phenoxy) is 2. The molecule has 0 heterocycles. The van der Waals surface area contributed by atoms with Crippen molar-refractivity contribution >= 4 is 35.4 Å². The highest BCUT2D eigenvalue weighted by Crippen LogP contribution is 2.17. The van der Waals surface area contributed by atoms with Crippen LogP contribution in [0.4, 0.5) is 9.59 Å². The summed E-state index contributed by atoms with van der Waals surface area (Å²) < 4.78 is 9.66. The second-order valence-corrected chi connectivity index (χ2v) is 5.31. The molecule has 0 N–H and O–H groups in total. The van der Waals surface area contributed by atoms with Gasteiger partial charge in [-0.15, -0.1) is 0 Å². The molecule has 0 fully saturated rings. The molecule has 24 heavy (non-hydrogen) atoms. The first-order chi connectivity index (χ1) is 11.6. The van der Waals surface area contributed by atoms with E-state index in [9.17, 15) is 9.59 Å². The number of benzene rings is 2. The minimum atomic E-state index is -1.02. The highest BCUT2D eigenvalue weighted by Gasteiger charge is 2.07. The number of hydrogen-bond donors (Lipinski definition) is 0. The molecule has 0 aliphatic carbocycles. The van der Waals surface area contributed by atoms with Gasteiger partial charge in [0.15, 0.2) is 0 Å². The van der Waals surface area contributed by atoms with E-state index in [-0.39, 0.29) is 13.2 Å². The molecule has 0 atom stereocenters. The van der Waals surface area contributed by atoms with Crippen molar-refractivity contribution in [2.24, 2.45) is 10.2 Å². The summed E-state index contributed by atoms with van der Waals surface area (Å²) in [5, 5.41) is 7.15. The summed E-state index contributed by atoms with van der Waals surface area (Å²) in [6.45, 7) is -0.154. The Hall–Kier alpha value is -2.44. The molecular formula is C16H12Cl2N2O4. The van der Waals surface area contributed by atoms with Gasteiger partial charge >= 0.3 is 12.2 Å². The molecule has 0 bridgehead atoms. The molecule has 0 aliphatic rings. The molecule has 8 heteroatoms. The SMILES string of the molecule is O=C(N=NC(=O)OCc1ccccc1Cl)OCc1ccccc1Cl. The number of halogens is 2. The van der Waals surface area contributed by atoms with Crippen LogP contribution in [0.1, 0.15) is 11.1 Å². The van der Waals surface area contributed by atoms with Crippen LogP contribution in [0.3, 0.4) is 0 Å². The number of amides is 2. The summed E-state index contributed by atoms with van der Waals surface area (Å²) in [6.07, 6.45) is -2.05. The smallest absolute Gasteiger partial charge is 0.442 e. The van der Waals surface area contributed by atoms with Crippen molar-refractivity contribution < 1.29 is 19.1 Å². The molecule has 6 nitrogen and oxygen atoms in total. The molecule has 0 aromatic heterocycles. The highest BCUT2D eigenvalue weighted by atomic mass is 35.5. The molecular weight excluding hydrogens is 355 g/mol. The molecule has 2 rings (SSSR count). The van der Waals surface area contributed by atoms with Gasteiger partial charge in [-0.2, -0.15) is 0 Å². The van der Waals surface area contributed by atoms with Crippen LogP contribution in [-0.2, 0) is 22.7 Å². The number of carbonyl (C=O) groups is 2. The zero-order valence-electron chi connectivity index (χ0n) is 12.3. The lowest BCUT2D eigenvalue weighted by atomic mass is 10.2. The maximum atomic E-state index is 11.4. The lowest BCUT2D eigenvalue weighted by Gasteiger charge is -2.03. The summed E-state index contributed by atoms with van der Waals surface area (Å²) in [5.41, 5.74) is 1.23. The summed E-state index contributed by atoms with van der Waals surface area (Å²) in [6, 6.07) is 13.7. The Bertz CT molecular complexity index is 702. The van der Waals surface area contributed by atoms with E-state index in [1.165, 1.54) is 0 Å². The summed E-state index contributed by atoms with van der Waals surface area (Å²) in [7, 11) is 0. The first kappa shape index (κ1) is 17.9. The Morgan fingerprint density at radius 3 is 1.50 bits per heavy atom. The van der Waals surface area contributed by atoms with E-state index in [1.54, 1.807) is 48.5 Å². The van der Waals surface area contributed by atoms with Gasteiger partial charge in [0.25, 0.3) is 0 Å². The minimum Gasteiger partial charge on any atom is -0.442 e. The van der Waals surface area contributed by atoms with Gasteiger partial charge in [-0.05, 0) is 12.1 Å². The van der Waals surface area contributed by atoms with E-state index in [1.807, 2.05) is 0 Å². The first-order valence-corrected chi connectivity index (χ1v) is 7.54. The number of rotatable bonds is 4. The van der Waals surface area contributed by atoms with E-state index in [4.69, 9.17) is 32.7 Å². The lowest BCUT2D eigenvalue weighted by molar-refractivity contribution is 0.139. The number of nitrogens with zero attached hydrogens (tertiary/aromatic N) is 2. The number of hydrogen-bond acceptors (Lipinski definition) is 4. The van der Waals surface area contributed by atoms with Crippen LogP contribution in [0.2, 0.25) is 10.0 Å². The Labute approximate surface area is 148 Å². The zero-order valence-corrected chi connectivity index (χ0v) is 13.8. The van der Waals surface area contributed by atoms with Crippen molar-refractivity contribution in [1.29, 1.82) is 0 Å². The van der Waals surface area contributed by atoms with E-state index in [0.29, 0.717) is 21.2 Å². The fraction of sp³-hybridized carbons (Fsp3) is 0.125. The second kappa shape index (κ2) is 9.00. The topological polar surface area (TPSA) is 77.3 Å². The molecule has 2 aromatic carbocycles. The Balaban J connectivity index is 1.78. The van der Waals surface area contributed by atoms with Gasteiger partial charge in [-0.3, -0.25) is 0 Å². The summed E-state index contributed by atoms with van der Waals surface area (Å²) in [5.74, 6) is 0. The lowest BCUT2D eigenvalue weighted by Crippen LogP contribution is -2.02. The minimum absolute atomic E-state index is 0.0772. The standard InChI is InChI=1S/C16H12Cl2N2O4/c17-13-7-3-1-5-11(13)9-23-15(21)19-20-16(22)24-10-12-6-2-4-8-14(12)18/h1-8H,9-10H2. The van der Waals surface area contributed by atoms with Gasteiger partial charge in [-0.25, -0.2) is 9.59 Å². The molecule has 0 spiro atoms. The van der Waals surface area contributed by atoms with E-state index >= 15 is 0 Å². The van der Waals surface area contributed by atoms with Gasteiger partial charge in [0, 0.05) is 21.2 Å². The molecule has 0 radical (unpaired) electrons. The van der Waals surface area contributed by atoms with Crippen LogP contribution >= 0.6 is 23.2 Å². The van der Waals surface area contributed by atoms with E-state index < -0.39 is 12.2 Å². The predicted molar refractivity (Wildman–Crippen MR) is 88.1 cm³/mol. The molecule has 2 aromatic rings. The van der Waals surface area contributed by atoms with Gasteiger partial charge in [-0.1, -0.05) is 69.8 Å². The Morgan fingerprint density at radius 1 is 0.750 bits per heavy atom. The normalized spacial score (nSPS) is 10.6. The highest BCUT2D eigenvalue weighted by molar-refractivity contribution is 6.31. The van der Waals surface area contributed by atoms with Crippen molar-refractivity contribution in [3.8, 4) is 0 Å². The molecule has 2 amide bonds. The fourth-order valence-corrected chi connectivity index (χ4v) is 2.03. The third-order valence-electron chi connectivity index (χ3n) is 2.83. The van der Waals surface area contributed by atoms with Crippen LogP contribution < -0.4 is 0 Å². The number of azo groups is 1. The quantitative estimate of drug-likeness (QED) is 0.676. The maximum Gasteiger partial charge on any atom is 0.452 e. The van der Waals surface area contributed by atoms with Crippen LogP contribution in [0.25, 0.3) is 0 Å². The molecule has 0 unspecified atom stereocenters. The largest absolute Gasteiger partial charge is 0.452 e. The van der Waals surface area contributed by atoms with Gasteiger partial charge < -0.3 is 9.47 Å². The van der Waals surface area contributed by atoms with Crippen LogP contribution in [0, 0.1) is 0 Å². The third kappa shape index (κ3) is 5.64. The van der Waals surface area contributed by atoms with Crippen molar-refractivity contribution in [3.63, 3.8) is 0 Å². The Morgan fingerprint density at radius 2 is 1.12 bits per heavy atom. The Kier molecular flexibility index (Phi) is 6.72. The van der Waals surface area contributed by atoms with Crippen molar-refractivity contribution in [2.45, 2.75) is 13.2 Å². The summed E-state index contributed by atoms with van der Waals surface area (Å²) >= 11 is 11.8. The molecule has 0 saturated carbocycles. The molecule has 0 saturated heterocycles. The molecule has 124 valence electrons. The van der Waals surface area contributed by atoms with Crippen molar-refractivity contribution in [2.75, 3.05) is 0 Å². The third-order valence-corrected chi connectivity index (χ3v) is 3.57. The number of carbonyl (C=O) groups excluding carboxylic acids is 2. The monoisotopic (exact) mass is 366 g/mol. The van der Waals surface area contributed by atoms with Gasteiger partial charge in [0.05, 0.1) is 0 Å². The first-order valence-electron chi connectivity index (χ1n) is 6.78. The summed E-state index contributed by atoms with van der Waals surface area (Å²) in [4.78, 5) is 22.8. The van der Waals surface area contributed by atoms with E-state index in [0.717, 1.165) is 0 Å². The average molecular weight is 367 g/mol. The molecule has 0 aliphatic heterocycles. The predicted octanol–water partition coefficient (Wildman–Crippen LogP) is 5.42. The maximum absolute atomic E-state index is 11.4. The second-order valence-electron chi connectivity index (χ2n) is 4.49.